The van der Waals surface area contributed by atoms with Gasteiger partial charge in [0.2, 0.25) is 0 Å². The summed E-state index contributed by atoms with van der Waals surface area (Å²) in [4.78, 5) is 32.6. The third-order valence-corrected chi connectivity index (χ3v) is 8.55. The van der Waals surface area contributed by atoms with Crippen molar-refractivity contribution in [2.24, 2.45) is 0 Å². The first kappa shape index (κ1) is 33.8. The molecule has 1 amide bonds. The van der Waals surface area contributed by atoms with Crippen LogP contribution in [0, 0.1) is 11.6 Å². The van der Waals surface area contributed by atoms with Crippen molar-refractivity contribution in [3.05, 3.63) is 94.5 Å². The van der Waals surface area contributed by atoms with E-state index in [0.29, 0.717) is 27.7 Å². The zero-order valence-corrected chi connectivity index (χ0v) is 26.4. The molecule has 0 unspecified atom stereocenters. The average molecular weight is 677 g/mol. The van der Waals surface area contributed by atoms with Crippen LogP contribution in [-0.2, 0) is 0 Å². The number of thioether (sulfide) groups is 1. The minimum atomic E-state index is -0.753. The van der Waals surface area contributed by atoms with Gasteiger partial charge in [-0.25, -0.2) is 13.8 Å². The number of hydrogen-bond donors (Lipinski definition) is 2. The van der Waals surface area contributed by atoms with E-state index in [1.54, 1.807) is 24.0 Å². The van der Waals surface area contributed by atoms with Gasteiger partial charge in [0.25, 0.3) is 11.5 Å². The van der Waals surface area contributed by atoms with Gasteiger partial charge in [-0.05, 0) is 74.9 Å². The van der Waals surface area contributed by atoms with Crippen LogP contribution < -0.4 is 15.6 Å². The summed E-state index contributed by atoms with van der Waals surface area (Å²) in [7, 11) is 0. The second kappa shape index (κ2) is 14.8. The third kappa shape index (κ3) is 7.44. The molecule has 0 radical (unpaired) electrons. The van der Waals surface area contributed by atoms with Crippen molar-refractivity contribution < 1.29 is 18.3 Å². The van der Waals surface area contributed by atoms with Gasteiger partial charge in [0, 0.05) is 35.5 Å². The summed E-state index contributed by atoms with van der Waals surface area (Å²) in [5, 5.41) is 15.7. The van der Waals surface area contributed by atoms with Crippen molar-refractivity contribution in [1.82, 2.24) is 29.9 Å². The monoisotopic (exact) mass is 675 g/mol. The molecule has 4 heterocycles. The molecular formula is C30H29Cl2F2N7O3S. The van der Waals surface area contributed by atoms with Crippen molar-refractivity contribution in [3.63, 3.8) is 0 Å². The predicted molar refractivity (Wildman–Crippen MR) is 174 cm³/mol. The highest BCUT2D eigenvalue weighted by molar-refractivity contribution is 8.00. The molecular weight excluding hydrogens is 647 g/mol. The number of rotatable bonds is 8. The van der Waals surface area contributed by atoms with Crippen molar-refractivity contribution in [2.45, 2.75) is 30.0 Å². The minimum Gasteiger partial charge on any atom is -0.453 e. The van der Waals surface area contributed by atoms with Gasteiger partial charge in [-0.2, -0.15) is 14.9 Å². The molecule has 1 aliphatic rings. The highest BCUT2D eigenvalue weighted by Crippen LogP contribution is 2.39. The lowest BCUT2D eigenvalue weighted by molar-refractivity contribution is 0.102. The lowest BCUT2D eigenvalue weighted by Gasteiger charge is -2.30. The van der Waals surface area contributed by atoms with Crippen molar-refractivity contribution in [2.75, 3.05) is 25.0 Å². The summed E-state index contributed by atoms with van der Waals surface area (Å²) in [6.45, 7) is 5.29. The second-order valence-corrected chi connectivity index (χ2v) is 11.2. The molecule has 236 valence electrons. The number of hydrogen-bond acceptors (Lipinski definition) is 8. The fourth-order valence-corrected chi connectivity index (χ4v) is 6.07. The molecule has 10 nitrogen and oxygen atoms in total. The maximum Gasteiger partial charge on any atom is 0.284 e. The fraction of sp³-hybridized carbons (Fsp3) is 0.233. The number of aromatic amines is 1. The molecule has 2 aromatic carbocycles. The second-order valence-electron chi connectivity index (χ2n) is 9.95. The van der Waals surface area contributed by atoms with Gasteiger partial charge in [0.1, 0.15) is 22.2 Å². The molecule has 2 N–H and O–H groups in total. The van der Waals surface area contributed by atoms with E-state index in [1.165, 1.54) is 48.7 Å². The van der Waals surface area contributed by atoms with Crippen LogP contribution in [0.5, 0.6) is 11.5 Å². The average Bonchev–Trinajstić information content (AvgIpc) is 3.43. The molecule has 45 heavy (non-hydrogen) atoms. The molecule has 0 bridgehead atoms. The van der Waals surface area contributed by atoms with Crippen LogP contribution in [0.15, 0.2) is 76.8 Å². The number of anilines is 1. The predicted octanol–water partition coefficient (Wildman–Crippen LogP) is 6.25. The molecule has 0 aliphatic carbocycles. The Morgan fingerprint density at radius 2 is 1.80 bits per heavy atom. The number of H-pyrrole nitrogens is 1. The Bertz CT molecular complexity index is 1850. The van der Waals surface area contributed by atoms with Gasteiger partial charge in [-0.3, -0.25) is 14.7 Å². The summed E-state index contributed by atoms with van der Waals surface area (Å²) in [5.41, 5.74) is 0.0269. The Hall–Kier alpha value is -4.04. The molecule has 5 aromatic rings. The first-order chi connectivity index (χ1) is 20.9. The number of halogens is 4. The fourth-order valence-electron chi connectivity index (χ4n) is 4.90. The zero-order valence-electron chi connectivity index (χ0n) is 23.9. The minimum absolute atomic E-state index is 0. The number of aromatic nitrogens is 5. The number of fused-ring (bicyclic) bond motifs is 1. The van der Waals surface area contributed by atoms with E-state index in [2.05, 4.69) is 37.4 Å². The number of carbonyl (C=O) groups is 1. The summed E-state index contributed by atoms with van der Waals surface area (Å²) >= 11 is 1.67. The molecule has 0 atom stereocenters. The number of piperidine rings is 1. The summed E-state index contributed by atoms with van der Waals surface area (Å²) < 4.78 is 35.5. The number of pyridine rings is 1. The van der Waals surface area contributed by atoms with E-state index < -0.39 is 23.1 Å². The van der Waals surface area contributed by atoms with Crippen LogP contribution in [0.1, 0.15) is 30.1 Å². The van der Waals surface area contributed by atoms with Gasteiger partial charge in [-0.1, -0.05) is 6.92 Å². The number of nitrogens with zero attached hydrogens (tertiary/aromatic N) is 5. The Balaban J connectivity index is 0.00000230. The molecule has 1 fully saturated rings. The van der Waals surface area contributed by atoms with E-state index in [4.69, 9.17) is 4.74 Å². The van der Waals surface area contributed by atoms with Crippen LogP contribution in [0.3, 0.4) is 0 Å². The lowest BCUT2D eigenvalue weighted by atomic mass is 10.1. The number of ether oxygens (including phenoxy) is 1. The first-order valence-corrected chi connectivity index (χ1v) is 14.6. The molecule has 0 spiro atoms. The van der Waals surface area contributed by atoms with Crippen LogP contribution in [0.25, 0.3) is 16.7 Å². The van der Waals surface area contributed by atoms with E-state index in [-0.39, 0.29) is 41.8 Å². The first-order valence-electron chi connectivity index (χ1n) is 13.7. The Kier molecular flexibility index (Phi) is 11.2. The van der Waals surface area contributed by atoms with Gasteiger partial charge in [-0.15, -0.1) is 36.6 Å². The smallest absolute Gasteiger partial charge is 0.284 e. The van der Waals surface area contributed by atoms with E-state index >= 15 is 4.39 Å². The Morgan fingerprint density at radius 1 is 1.04 bits per heavy atom. The Labute approximate surface area is 273 Å². The van der Waals surface area contributed by atoms with Crippen LogP contribution in [0.4, 0.5) is 14.5 Å². The summed E-state index contributed by atoms with van der Waals surface area (Å²) in [6, 6.07) is 12.0. The van der Waals surface area contributed by atoms with Crippen LogP contribution in [-0.4, -0.2) is 60.7 Å². The highest BCUT2D eigenvalue weighted by Gasteiger charge is 2.23. The molecule has 15 heteroatoms. The number of carbonyl (C=O) groups excluding carboxylic acids is 1. The molecule has 1 saturated heterocycles. The standard InChI is InChI=1S/C30H27F2N7O3S.2ClH/c1-2-38-15-11-21(12-16-38)43-29-26-25(10-13-33-27(26)36-37-29)42-24-8-5-19(17-23(24)32)35-28(40)22-9-14-34-39(30(22)41)20-6-3-18(31)4-7-20;;/h3-10,13-14,17,21H,2,11-12,15-16H2,1H3,(H,35,40)(H,33,36,37);2*1H. The summed E-state index contributed by atoms with van der Waals surface area (Å²) in [5.74, 6) is -1.59. The largest absolute Gasteiger partial charge is 0.453 e. The number of likely N-dealkylation sites (tertiary alicyclic amines) is 1. The van der Waals surface area contributed by atoms with Gasteiger partial charge in [0.05, 0.1) is 11.1 Å². The zero-order chi connectivity index (χ0) is 29.9. The van der Waals surface area contributed by atoms with E-state index in [0.717, 1.165) is 48.3 Å². The normalized spacial score (nSPS) is 13.6. The van der Waals surface area contributed by atoms with E-state index in [1.807, 2.05) is 0 Å². The third-order valence-electron chi connectivity index (χ3n) is 7.22. The van der Waals surface area contributed by atoms with Crippen LogP contribution >= 0.6 is 36.6 Å². The van der Waals surface area contributed by atoms with Gasteiger partial charge in [0.15, 0.2) is 17.2 Å². The highest BCUT2D eigenvalue weighted by atomic mass is 35.5. The van der Waals surface area contributed by atoms with Crippen LogP contribution in [0.2, 0.25) is 0 Å². The quantitative estimate of drug-likeness (QED) is 0.198. The van der Waals surface area contributed by atoms with Crippen molar-refractivity contribution in [3.8, 4) is 17.2 Å². The maximum atomic E-state index is 15.2. The molecule has 0 saturated carbocycles. The van der Waals surface area contributed by atoms with E-state index in [9.17, 15) is 14.0 Å². The summed E-state index contributed by atoms with van der Waals surface area (Å²) in [6.07, 6.45) is 4.93. The maximum absolute atomic E-state index is 15.2. The SMILES string of the molecule is CCN1CCC(Sc2n[nH]c3nccc(Oc4ccc(NC(=O)c5ccnn(-c6ccc(F)cc6)c5=O)cc4F)c23)CC1.Cl.Cl. The van der Waals surface area contributed by atoms with Gasteiger partial charge >= 0.3 is 0 Å². The number of amides is 1. The molecule has 6 rings (SSSR count). The topological polar surface area (TPSA) is 118 Å². The molecule has 1 aliphatic heterocycles. The van der Waals surface area contributed by atoms with Crippen molar-refractivity contribution in [1.29, 1.82) is 0 Å². The number of nitrogens with one attached hydrogen (secondary N) is 2. The Morgan fingerprint density at radius 3 is 2.51 bits per heavy atom. The number of benzene rings is 2. The molecule has 3 aromatic heterocycles. The van der Waals surface area contributed by atoms with Gasteiger partial charge < -0.3 is 15.0 Å². The van der Waals surface area contributed by atoms with Crippen molar-refractivity contribution >= 4 is 59.2 Å². The lowest BCUT2D eigenvalue weighted by Crippen LogP contribution is -2.34.